The SMILES string of the molecule is COC(=O)[C@@H](Cc1ccccc1)Nc1nnc(N)s1. The number of rotatable bonds is 5. The first kappa shape index (κ1) is 13.3. The van der Waals surface area contributed by atoms with Gasteiger partial charge in [0, 0.05) is 6.42 Å². The molecule has 2 aromatic rings. The summed E-state index contributed by atoms with van der Waals surface area (Å²) in [7, 11) is 1.36. The molecule has 0 aliphatic heterocycles. The summed E-state index contributed by atoms with van der Waals surface area (Å²) in [5.74, 6) is -0.349. The number of hydrogen-bond donors (Lipinski definition) is 2. The topological polar surface area (TPSA) is 90.1 Å². The summed E-state index contributed by atoms with van der Waals surface area (Å²) >= 11 is 1.19. The molecule has 1 aromatic heterocycles. The zero-order valence-electron chi connectivity index (χ0n) is 10.4. The Bertz CT molecular complexity index is 544. The molecule has 6 nitrogen and oxygen atoms in total. The molecule has 0 aliphatic rings. The molecule has 0 unspecified atom stereocenters. The number of hydrogen-bond acceptors (Lipinski definition) is 7. The number of nitrogen functional groups attached to an aromatic ring is 1. The first-order valence-electron chi connectivity index (χ1n) is 5.66. The minimum atomic E-state index is -0.514. The van der Waals surface area contributed by atoms with Crippen molar-refractivity contribution in [3.05, 3.63) is 35.9 Å². The van der Waals surface area contributed by atoms with Crippen molar-refractivity contribution in [1.29, 1.82) is 0 Å². The van der Waals surface area contributed by atoms with E-state index in [1.54, 1.807) is 0 Å². The first-order valence-corrected chi connectivity index (χ1v) is 6.48. The number of nitrogens with zero attached hydrogens (tertiary/aromatic N) is 2. The highest BCUT2D eigenvalue weighted by Crippen LogP contribution is 2.18. The van der Waals surface area contributed by atoms with Crippen molar-refractivity contribution < 1.29 is 9.53 Å². The molecule has 0 radical (unpaired) electrons. The summed E-state index contributed by atoms with van der Waals surface area (Å²) in [6, 6.07) is 9.16. The van der Waals surface area contributed by atoms with E-state index in [0.29, 0.717) is 16.7 Å². The molecule has 0 bridgehead atoms. The van der Waals surface area contributed by atoms with E-state index in [1.165, 1.54) is 18.4 Å². The molecule has 0 spiro atoms. The second-order valence-electron chi connectivity index (χ2n) is 3.86. The second-order valence-corrected chi connectivity index (χ2v) is 4.86. The van der Waals surface area contributed by atoms with E-state index < -0.39 is 6.04 Å². The fraction of sp³-hybridized carbons (Fsp3) is 0.250. The predicted molar refractivity (Wildman–Crippen MR) is 73.9 cm³/mol. The van der Waals surface area contributed by atoms with Crippen LogP contribution in [0.25, 0.3) is 0 Å². The highest BCUT2D eigenvalue weighted by molar-refractivity contribution is 7.18. The van der Waals surface area contributed by atoms with Gasteiger partial charge in [0.05, 0.1) is 7.11 Å². The van der Waals surface area contributed by atoms with Crippen LogP contribution in [-0.4, -0.2) is 29.3 Å². The van der Waals surface area contributed by atoms with Crippen molar-refractivity contribution in [2.45, 2.75) is 12.5 Å². The monoisotopic (exact) mass is 278 g/mol. The maximum absolute atomic E-state index is 11.8. The third-order valence-corrected chi connectivity index (χ3v) is 3.19. The van der Waals surface area contributed by atoms with E-state index in [2.05, 4.69) is 15.5 Å². The minimum Gasteiger partial charge on any atom is -0.467 e. The van der Waals surface area contributed by atoms with Crippen molar-refractivity contribution >= 4 is 27.6 Å². The van der Waals surface area contributed by atoms with Gasteiger partial charge in [-0.25, -0.2) is 4.79 Å². The van der Waals surface area contributed by atoms with Crippen molar-refractivity contribution in [2.24, 2.45) is 0 Å². The number of ether oxygens (including phenoxy) is 1. The average Bonchev–Trinajstić information content (AvgIpc) is 2.84. The Morgan fingerprint density at radius 1 is 1.42 bits per heavy atom. The molecular formula is C12H14N4O2S. The van der Waals surface area contributed by atoms with E-state index in [-0.39, 0.29) is 5.97 Å². The van der Waals surface area contributed by atoms with Crippen LogP contribution >= 0.6 is 11.3 Å². The lowest BCUT2D eigenvalue weighted by Crippen LogP contribution is -2.32. The van der Waals surface area contributed by atoms with Gasteiger partial charge in [0.15, 0.2) is 0 Å². The highest BCUT2D eigenvalue weighted by atomic mass is 32.1. The molecule has 2 rings (SSSR count). The lowest BCUT2D eigenvalue weighted by molar-refractivity contribution is -0.141. The van der Waals surface area contributed by atoms with E-state index in [1.807, 2.05) is 30.3 Å². The fourth-order valence-corrected chi connectivity index (χ4v) is 2.19. The Balaban J connectivity index is 2.10. The molecule has 100 valence electrons. The van der Waals surface area contributed by atoms with Crippen molar-refractivity contribution in [2.75, 3.05) is 18.2 Å². The molecule has 1 heterocycles. The largest absolute Gasteiger partial charge is 0.467 e. The fourth-order valence-electron chi connectivity index (χ4n) is 1.63. The van der Waals surface area contributed by atoms with E-state index in [9.17, 15) is 4.79 Å². The van der Waals surface area contributed by atoms with E-state index in [0.717, 1.165) is 5.56 Å². The quantitative estimate of drug-likeness (QED) is 0.802. The smallest absolute Gasteiger partial charge is 0.328 e. The highest BCUT2D eigenvalue weighted by Gasteiger charge is 2.21. The van der Waals surface area contributed by atoms with E-state index in [4.69, 9.17) is 10.5 Å². The van der Waals surface area contributed by atoms with Crippen molar-refractivity contribution in [3.8, 4) is 0 Å². The molecular weight excluding hydrogens is 264 g/mol. The minimum absolute atomic E-state index is 0.349. The number of carbonyl (C=O) groups excluding carboxylic acids is 1. The van der Waals surface area contributed by atoms with Gasteiger partial charge in [-0.3, -0.25) is 0 Å². The van der Waals surface area contributed by atoms with Gasteiger partial charge < -0.3 is 15.8 Å². The van der Waals surface area contributed by atoms with Crippen LogP contribution in [0.1, 0.15) is 5.56 Å². The first-order chi connectivity index (χ1) is 9.19. The molecule has 1 atom stereocenters. The third kappa shape index (κ3) is 3.65. The molecule has 0 fully saturated rings. The molecule has 1 aromatic carbocycles. The summed E-state index contributed by atoms with van der Waals surface area (Å²) in [5, 5.41) is 11.4. The Kier molecular flexibility index (Phi) is 4.30. The maximum atomic E-state index is 11.8. The molecule has 19 heavy (non-hydrogen) atoms. The van der Waals surface area contributed by atoms with Crippen LogP contribution < -0.4 is 11.1 Å². The van der Waals surface area contributed by atoms with Gasteiger partial charge >= 0.3 is 5.97 Å². The predicted octanol–water partition coefficient (Wildman–Crippen LogP) is 1.32. The molecule has 0 amide bonds. The standard InChI is InChI=1S/C12H14N4O2S/c1-18-10(17)9(7-8-5-3-2-4-6-8)14-12-16-15-11(13)19-12/h2-6,9H,7H2,1H3,(H2,13,15)(H,14,16)/t9-/m1/s1. The number of anilines is 2. The Labute approximate surface area is 114 Å². The Morgan fingerprint density at radius 3 is 2.74 bits per heavy atom. The summed E-state index contributed by atoms with van der Waals surface area (Å²) in [6.45, 7) is 0. The number of aromatic nitrogens is 2. The molecule has 7 heteroatoms. The van der Waals surface area contributed by atoms with Gasteiger partial charge in [0.2, 0.25) is 10.3 Å². The zero-order chi connectivity index (χ0) is 13.7. The van der Waals surface area contributed by atoms with Gasteiger partial charge in [-0.2, -0.15) is 0 Å². The number of methoxy groups -OCH3 is 1. The average molecular weight is 278 g/mol. The zero-order valence-corrected chi connectivity index (χ0v) is 11.2. The summed E-state index contributed by atoms with van der Waals surface area (Å²) < 4.78 is 4.79. The molecule has 0 aliphatic carbocycles. The van der Waals surface area contributed by atoms with Gasteiger partial charge in [-0.15, -0.1) is 10.2 Å². The molecule has 0 saturated heterocycles. The lowest BCUT2D eigenvalue weighted by atomic mass is 10.1. The summed E-state index contributed by atoms with van der Waals surface area (Å²) in [5.41, 5.74) is 6.53. The third-order valence-electron chi connectivity index (χ3n) is 2.51. The summed E-state index contributed by atoms with van der Waals surface area (Å²) in [4.78, 5) is 11.8. The van der Waals surface area contributed by atoms with Crippen LogP contribution in [0.5, 0.6) is 0 Å². The normalized spacial score (nSPS) is 11.8. The Hall–Kier alpha value is -2.15. The van der Waals surface area contributed by atoms with Gasteiger partial charge in [-0.1, -0.05) is 41.7 Å². The molecule has 3 N–H and O–H groups in total. The molecule has 0 saturated carbocycles. The van der Waals surface area contributed by atoms with Crippen LogP contribution in [0.4, 0.5) is 10.3 Å². The van der Waals surface area contributed by atoms with Crippen LogP contribution in [-0.2, 0) is 16.0 Å². The van der Waals surface area contributed by atoms with Crippen molar-refractivity contribution in [1.82, 2.24) is 10.2 Å². The van der Waals surface area contributed by atoms with E-state index >= 15 is 0 Å². The number of esters is 1. The van der Waals surface area contributed by atoms with Gasteiger partial charge in [0.25, 0.3) is 0 Å². The maximum Gasteiger partial charge on any atom is 0.328 e. The number of carbonyl (C=O) groups is 1. The van der Waals surface area contributed by atoms with Crippen LogP contribution in [0.2, 0.25) is 0 Å². The van der Waals surface area contributed by atoms with Crippen LogP contribution in [0, 0.1) is 0 Å². The number of nitrogens with one attached hydrogen (secondary N) is 1. The lowest BCUT2D eigenvalue weighted by Gasteiger charge is -2.15. The summed E-state index contributed by atoms with van der Waals surface area (Å²) in [6.07, 6.45) is 0.507. The Morgan fingerprint density at radius 2 is 2.16 bits per heavy atom. The number of benzene rings is 1. The van der Waals surface area contributed by atoms with Gasteiger partial charge in [0.1, 0.15) is 6.04 Å². The van der Waals surface area contributed by atoms with Gasteiger partial charge in [-0.05, 0) is 5.56 Å². The van der Waals surface area contributed by atoms with Crippen LogP contribution in [0.3, 0.4) is 0 Å². The second kappa shape index (κ2) is 6.14. The van der Waals surface area contributed by atoms with Crippen LogP contribution in [0.15, 0.2) is 30.3 Å². The van der Waals surface area contributed by atoms with Crippen molar-refractivity contribution in [3.63, 3.8) is 0 Å². The number of nitrogens with two attached hydrogens (primary N) is 1.